The Morgan fingerprint density at radius 3 is 2.19 bits per heavy atom. The maximum absolute atomic E-state index is 11.4. The Morgan fingerprint density at radius 2 is 1.58 bits per heavy atom. The van der Waals surface area contributed by atoms with E-state index in [4.69, 9.17) is 16.3 Å². The third-order valence-corrected chi connectivity index (χ3v) is 6.07. The molecule has 0 spiro atoms. The first-order valence-electron chi connectivity index (χ1n) is 11.3. The van der Waals surface area contributed by atoms with Crippen LogP contribution in [0.25, 0.3) is 21.9 Å². The molecule has 0 fully saturated rings. The van der Waals surface area contributed by atoms with Crippen LogP contribution in [-0.4, -0.2) is 36.8 Å². The number of hydrogen-bond donors (Lipinski definition) is 1. The molecular weight excluding hydrogens is 406 g/mol. The van der Waals surface area contributed by atoms with Crippen molar-refractivity contribution in [3.63, 3.8) is 0 Å². The van der Waals surface area contributed by atoms with Crippen LogP contribution in [0.3, 0.4) is 0 Å². The zero-order valence-electron chi connectivity index (χ0n) is 18.9. The Balaban J connectivity index is 2.01. The van der Waals surface area contributed by atoms with Gasteiger partial charge in [0.05, 0.1) is 13.2 Å². The summed E-state index contributed by atoms with van der Waals surface area (Å²) in [6.45, 7) is 7.10. The van der Waals surface area contributed by atoms with Gasteiger partial charge in [0.1, 0.15) is 5.75 Å². The summed E-state index contributed by atoms with van der Waals surface area (Å²) in [6, 6.07) is 18.2. The van der Waals surface area contributed by atoms with E-state index in [0.717, 1.165) is 77.0 Å². The molecule has 0 aromatic heterocycles. The molecule has 1 N–H and O–H groups in total. The van der Waals surface area contributed by atoms with Gasteiger partial charge in [-0.15, -0.1) is 0 Å². The third kappa shape index (κ3) is 6.22. The molecule has 0 aliphatic carbocycles. The summed E-state index contributed by atoms with van der Waals surface area (Å²) in [5, 5.41) is 14.2. The molecule has 0 radical (unpaired) electrons. The van der Waals surface area contributed by atoms with Crippen molar-refractivity contribution in [3.05, 3.63) is 65.2 Å². The van der Waals surface area contributed by atoms with Crippen LogP contribution in [0.15, 0.2) is 54.6 Å². The Morgan fingerprint density at radius 1 is 0.903 bits per heavy atom. The predicted molar refractivity (Wildman–Crippen MR) is 132 cm³/mol. The lowest BCUT2D eigenvalue weighted by Crippen LogP contribution is -2.30. The highest BCUT2D eigenvalue weighted by molar-refractivity contribution is 6.30. The second-order valence-corrected chi connectivity index (χ2v) is 8.62. The van der Waals surface area contributed by atoms with Crippen LogP contribution < -0.4 is 4.74 Å². The summed E-state index contributed by atoms with van der Waals surface area (Å²) in [4.78, 5) is 2.40. The molecule has 3 aromatic rings. The summed E-state index contributed by atoms with van der Waals surface area (Å²) in [6.07, 6.45) is 4.04. The van der Waals surface area contributed by atoms with Crippen molar-refractivity contribution >= 4 is 22.4 Å². The highest BCUT2D eigenvalue weighted by atomic mass is 35.5. The molecule has 0 saturated carbocycles. The average molecular weight is 440 g/mol. The van der Waals surface area contributed by atoms with E-state index in [2.05, 4.69) is 36.9 Å². The Labute approximate surface area is 191 Å². The molecule has 3 rings (SSSR count). The monoisotopic (exact) mass is 439 g/mol. The number of benzene rings is 3. The number of ether oxygens (including phenoxy) is 1. The lowest BCUT2D eigenvalue weighted by molar-refractivity contribution is 0.112. The summed E-state index contributed by atoms with van der Waals surface area (Å²) in [7, 11) is 1.68. The molecule has 166 valence electrons. The van der Waals surface area contributed by atoms with Crippen molar-refractivity contribution < 1.29 is 9.84 Å². The minimum Gasteiger partial charge on any atom is -0.497 e. The molecule has 3 aromatic carbocycles. The van der Waals surface area contributed by atoms with Gasteiger partial charge in [0.2, 0.25) is 0 Å². The summed E-state index contributed by atoms with van der Waals surface area (Å²) in [5.41, 5.74) is 3.11. The van der Waals surface area contributed by atoms with Gasteiger partial charge in [0.25, 0.3) is 0 Å². The van der Waals surface area contributed by atoms with Crippen LogP contribution in [0.4, 0.5) is 0 Å². The van der Waals surface area contributed by atoms with Crippen molar-refractivity contribution in [2.45, 2.75) is 45.6 Å². The molecule has 3 nitrogen and oxygen atoms in total. The maximum atomic E-state index is 11.4. The van der Waals surface area contributed by atoms with Crippen LogP contribution in [0.2, 0.25) is 5.02 Å². The standard InChI is InChI=1S/C27H34ClNO2/c1-4-6-14-29(15-7-5-2)19-27(30)26-17-22(20-8-11-23(28)12-9-20)16-21-10-13-24(31-3)18-25(21)26/h8-13,16-18,27,30H,4-7,14-15,19H2,1-3H3. The van der Waals surface area contributed by atoms with Crippen molar-refractivity contribution in [1.82, 2.24) is 4.90 Å². The molecule has 31 heavy (non-hydrogen) atoms. The number of rotatable bonds is 11. The Kier molecular flexibility index (Phi) is 8.77. The molecule has 1 atom stereocenters. The number of aliphatic hydroxyl groups is 1. The molecule has 0 bridgehead atoms. The summed E-state index contributed by atoms with van der Waals surface area (Å²) >= 11 is 6.09. The van der Waals surface area contributed by atoms with Crippen LogP contribution in [-0.2, 0) is 0 Å². The molecule has 0 heterocycles. The number of nitrogens with zero attached hydrogens (tertiary/aromatic N) is 1. The maximum Gasteiger partial charge on any atom is 0.119 e. The summed E-state index contributed by atoms with van der Waals surface area (Å²) in [5.74, 6) is 0.800. The number of fused-ring (bicyclic) bond motifs is 1. The minimum absolute atomic E-state index is 0.574. The van der Waals surface area contributed by atoms with Gasteiger partial charge in [-0.1, -0.05) is 56.5 Å². The first-order chi connectivity index (χ1) is 15.0. The largest absolute Gasteiger partial charge is 0.497 e. The minimum atomic E-state index is -0.574. The van der Waals surface area contributed by atoms with Gasteiger partial charge in [-0.05, 0) is 89.8 Å². The van der Waals surface area contributed by atoms with E-state index in [1.165, 1.54) is 0 Å². The van der Waals surface area contributed by atoms with Gasteiger partial charge in [-0.25, -0.2) is 0 Å². The molecule has 1 unspecified atom stereocenters. The van der Waals surface area contributed by atoms with Gasteiger partial charge in [0.15, 0.2) is 0 Å². The second kappa shape index (κ2) is 11.5. The number of methoxy groups -OCH3 is 1. The SMILES string of the molecule is CCCCN(CCCC)CC(O)c1cc(-c2ccc(Cl)cc2)cc2ccc(OC)cc12. The van der Waals surface area contributed by atoms with E-state index in [1.807, 2.05) is 36.4 Å². The fraction of sp³-hybridized carbons (Fsp3) is 0.407. The molecule has 0 aliphatic rings. The van der Waals surface area contributed by atoms with Gasteiger partial charge in [-0.3, -0.25) is 0 Å². The van der Waals surface area contributed by atoms with Gasteiger partial charge in [0, 0.05) is 11.6 Å². The van der Waals surface area contributed by atoms with E-state index in [-0.39, 0.29) is 0 Å². The first kappa shape index (κ1) is 23.6. The van der Waals surface area contributed by atoms with Crippen molar-refractivity contribution in [2.24, 2.45) is 0 Å². The van der Waals surface area contributed by atoms with Gasteiger partial charge < -0.3 is 14.7 Å². The van der Waals surface area contributed by atoms with Gasteiger partial charge in [-0.2, -0.15) is 0 Å². The predicted octanol–water partition coefficient (Wildman–Crippen LogP) is 7.10. The number of unbranched alkanes of at least 4 members (excludes halogenated alkanes) is 2. The van der Waals surface area contributed by atoms with E-state index in [1.54, 1.807) is 7.11 Å². The number of halogens is 1. The zero-order chi connectivity index (χ0) is 22.2. The molecule has 4 heteroatoms. The van der Waals surface area contributed by atoms with E-state index >= 15 is 0 Å². The highest BCUT2D eigenvalue weighted by Crippen LogP contribution is 2.34. The smallest absolute Gasteiger partial charge is 0.119 e. The molecular formula is C27H34ClNO2. The highest BCUT2D eigenvalue weighted by Gasteiger charge is 2.18. The normalized spacial score (nSPS) is 12.5. The molecule has 0 aliphatic heterocycles. The molecule has 0 amide bonds. The van der Waals surface area contributed by atoms with Crippen LogP contribution in [0.5, 0.6) is 5.75 Å². The second-order valence-electron chi connectivity index (χ2n) is 8.18. The van der Waals surface area contributed by atoms with E-state index in [0.29, 0.717) is 6.54 Å². The lowest BCUT2D eigenvalue weighted by atomic mass is 9.93. The molecule has 0 saturated heterocycles. The van der Waals surface area contributed by atoms with Crippen molar-refractivity contribution in [2.75, 3.05) is 26.7 Å². The van der Waals surface area contributed by atoms with Crippen LogP contribution in [0.1, 0.15) is 51.2 Å². The lowest BCUT2D eigenvalue weighted by Gasteiger charge is -2.26. The Bertz CT molecular complexity index is 963. The third-order valence-electron chi connectivity index (χ3n) is 5.82. The van der Waals surface area contributed by atoms with Crippen LogP contribution in [0, 0.1) is 0 Å². The van der Waals surface area contributed by atoms with Crippen molar-refractivity contribution in [1.29, 1.82) is 0 Å². The fourth-order valence-electron chi connectivity index (χ4n) is 3.98. The Hall–Kier alpha value is -2.07. The number of aliphatic hydroxyl groups excluding tert-OH is 1. The quantitative estimate of drug-likeness (QED) is 0.345. The fourth-order valence-corrected chi connectivity index (χ4v) is 4.10. The van der Waals surface area contributed by atoms with Crippen molar-refractivity contribution in [3.8, 4) is 16.9 Å². The van der Waals surface area contributed by atoms with E-state index < -0.39 is 6.10 Å². The van der Waals surface area contributed by atoms with E-state index in [9.17, 15) is 5.11 Å². The van der Waals surface area contributed by atoms with Crippen LogP contribution >= 0.6 is 11.6 Å². The zero-order valence-corrected chi connectivity index (χ0v) is 19.7. The first-order valence-corrected chi connectivity index (χ1v) is 11.7. The number of hydrogen-bond acceptors (Lipinski definition) is 3. The average Bonchev–Trinajstić information content (AvgIpc) is 2.80. The topological polar surface area (TPSA) is 32.7 Å². The summed E-state index contributed by atoms with van der Waals surface area (Å²) < 4.78 is 5.47. The van der Waals surface area contributed by atoms with Gasteiger partial charge >= 0.3 is 0 Å².